The van der Waals surface area contributed by atoms with E-state index >= 15 is 0 Å². The quantitative estimate of drug-likeness (QED) is 0.585. The largest absolute Gasteiger partial charge is 0.378 e. The van der Waals surface area contributed by atoms with Crippen molar-refractivity contribution in [2.75, 3.05) is 13.2 Å². The molecule has 0 aliphatic carbocycles. The molecular formula is C13H27NO2. The minimum atomic E-state index is 0.105. The first-order valence-corrected chi connectivity index (χ1v) is 6.62. The van der Waals surface area contributed by atoms with Gasteiger partial charge in [-0.1, -0.05) is 33.1 Å². The van der Waals surface area contributed by atoms with Crippen LogP contribution < -0.4 is 5.32 Å². The van der Waals surface area contributed by atoms with E-state index in [2.05, 4.69) is 19.2 Å². The summed E-state index contributed by atoms with van der Waals surface area (Å²) in [6, 6.07) is 0. The van der Waals surface area contributed by atoms with Crippen molar-refractivity contribution in [2.24, 2.45) is 0 Å². The predicted octanol–water partition coefficient (Wildman–Crippen LogP) is 2.89. The fourth-order valence-corrected chi connectivity index (χ4v) is 1.64. The normalized spacial score (nSPS) is 12.4. The maximum atomic E-state index is 11.4. The summed E-state index contributed by atoms with van der Waals surface area (Å²) < 4.78 is 5.74. The second-order valence-electron chi connectivity index (χ2n) is 4.15. The van der Waals surface area contributed by atoms with Gasteiger partial charge in [-0.15, -0.1) is 0 Å². The Labute approximate surface area is 99.9 Å². The molecule has 1 N–H and O–H groups in total. The Balaban J connectivity index is 3.73. The van der Waals surface area contributed by atoms with Crippen molar-refractivity contribution in [1.82, 2.24) is 5.32 Å². The summed E-state index contributed by atoms with van der Waals surface area (Å²) in [5, 5.41) is 2.82. The van der Waals surface area contributed by atoms with E-state index in [0.29, 0.717) is 13.0 Å². The third kappa shape index (κ3) is 8.72. The van der Waals surface area contributed by atoms with E-state index in [0.717, 1.165) is 25.9 Å². The van der Waals surface area contributed by atoms with Crippen molar-refractivity contribution in [3.8, 4) is 0 Å². The minimum absolute atomic E-state index is 0.105. The lowest BCUT2D eigenvalue weighted by molar-refractivity contribution is -0.124. The van der Waals surface area contributed by atoms with Gasteiger partial charge < -0.3 is 10.1 Å². The number of hydrogen-bond donors (Lipinski definition) is 1. The number of nitrogens with one attached hydrogen (secondary N) is 1. The Kier molecular flexibility index (Phi) is 10.5. The molecule has 0 bridgehead atoms. The van der Waals surface area contributed by atoms with Crippen molar-refractivity contribution in [2.45, 2.75) is 65.4 Å². The van der Waals surface area contributed by atoms with Crippen molar-refractivity contribution in [3.63, 3.8) is 0 Å². The Hall–Kier alpha value is -0.570. The fraction of sp³-hybridized carbons (Fsp3) is 0.923. The molecule has 0 radical (unpaired) electrons. The first-order valence-electron chi connectivity index (χ1n) is 6.62. The lowest BCUT2D eigenvalue weighted by Crippen LogP contribution is -2.28. The van der Waals surface area contributed by atoms with Crippen LogP contribution in [-0.2, 0) is 9.53 Å². The monoisotopic (exact) mass is 229 g/mol. The van der Waals surface area contributed by atoms with Crippen LogP contribution in [0.3, 0.4) is 0 Å². The number of carbonyl (C=O) groups excluding carboxylic acids is 1. The number of rotatable bonds is 10. The van der Waals surface area contributed by atoms with Gasteiger partial charge >= 0.3 is 0 Å². The van der Waals surface area contributed by atoms with Crippen LogP contribution in [0.5, 0.6) is 0 Å². The number of carbonyl (C=O) groups is 1. The Morgan fingerprint density at radius 3 is 2.50 bits per heavy atom. The van der Waals surface area contributed by atoms with Gasteiger partial charge in [-0.2, -0.15) is 0 Å². The zero-order valence-electron chi connectivity index (χ0n) is 11.1. The summed E-state index contributed by atoms with van der Waals surface area (Å²) in [5.74, 6) is 0.108. The van der Waals surface area contributed by atoms with Crippen LogP contribution in [0.1, 0.15) is 59.3 Å². The van der Waals surface area contributed by atoms with Gasteiger partial charge in [0.25, 0.3) is 0 Å². The number of unbranched alkanes of at least 4 members (excludes halogenated alkanes) is 2. The van der Waals surface area contributed by atoms with Gasteiger partial charge in [-0.05, 0) is 19.8 Å². The lowest BCUT2D eigenvalue weighted by atomic mass is 10.1. The van der Waals surface area contributed by atoms with E-state index in [1.165, 1.54) is 12.8 Å². The fourth-order valence-electron chi connectivity index (χ4n) is 1.64. The molecule has 0 aromatic heterocycles. The van der Waals surface area contributed by atoms with Crippen LogP contribution in [0.4, 0.5) is 0 Å². The van der Waals surface area contributed by atoms with Crippen LogP contribution in [0.2, 0.25) is 0 Å². The van der Waals surface area contributed by atoms with E-state index in [9.17, 15) is 4.79 Å². The summed E-state index contributed by atoms with van der Waals surface area (Å²) in [7, 11) is 0. The van der Waals surface area contributed by atoms with E-state index in [1.54, 1.807) is 0 Å². The van der Waals surface area contributed by atoms with Gasteiger partial charge in [0, 0.05) is 13.2 Å². The molecule has 0 aromatic carbocycles. The molecule has 3 heteroatoms. The number of amides is 1. The van der Waals surface area contributed by atoms with Gasteiger partial charge in [0.1, 0.15) is 0 Å². The van der Waals surface area contributed by atoms with Crippen LogP contribution in [0.15, 0.2) is 0 Å². The average molecular weight is 229 g/mol. The van der Waals surface area contributed by atoms with Crippen molar-refractivity contribution in [3.05, 3.63) is 0 Å². The van der Waals surface area contributed by atoms with Gasteiger partial charge in [-0.25, -0.2) is 0 Å². The van der Waals surface area contributed by atoms with Gasteiger partial charge in [0.05, 0.1) is 12.5 Å². The molecule has 0 spiro atoms. The highest BCUT2D eigenvalue weighted by Gasteiger charge is 2.12. The molecule has 3 nitrogen and oxygen atoms in total. The summed E-state index contributed by atoms with van der Waals surface area (Å²) >= 11 is 0. The molecule has 1 unspecified atom stereocenters. The molecule has 1 atom stereocenters. The van der Waals surface area contributed by atoms with Gasteiger partial charge in [0.15, 0.2) is 0 Å². The molecule has 0 aliphatic rings. The zero-order chi connectivity index (χ0) is 12.2. The summed E-state index contributed by atoms with van der Waals surface area (Å²) in [5.41, 5.74) is 0. The Morgan fingerprint density at radius 2 is 1.94 bits per heavy atom. The molecule has 0 saturated carbocycles. The molecule has 0 saturated heterocycles. The first-order chi connectivity index (χ1) is 7.74. The number of ether oxygens (including phenoxy) is 1. The van der Waals surface area contributed by atoms with Crippen molar-refractivity contribution >= 4 is 5.91 Å². The smallest absolute Gasteiger partial charge is 0.222 e. The highest BCUT2D eigenvalue weighted by atomic mass is 16.5. The van der Waals surface area contributed by atoms with Crippen molar-refractivity contribution < 1.29 is 9.53 Å². The van der Waals surface area contributed by atoms with E-state index in [4.69, 9.17) is 4.74 Å². The van der Waals surface area contributed by atoms with Crippen LogP contribution in [-0.4, -0.2) is 25.2 Å². The average Bonchev–Trinajstić information content (AvgIpc) is 2.25. The first kappa shape index (κ1) is 15.4. The zero-order valence-corrected chi connectivity index (χ0v) is 11.1. The van der Waals surface area contributed by atoms with E-state index in [-0.39, 0.29) is 12.0 Å². The second kappa shape index (κ2) is 10.9. The standard InChI is InChI=1S/C13H27NO2/c1-4-7-8-10-16-12(9-5-2)11-13(15)14-6-3/h12H,4-11H2,1-3H3,(H,14,15). The molecule has 0 aliphatic heterocycles. The second-order valence-corrected chi connectivity index (χ2v) is 4.15. The molecule has 0 aromatic rings. The molecule has 0 heterocycles. The number of hydrogen-bond acceptors (Lipinski definition) is 2. The molecule has 1 amide bonds. The van der Waals surface area contributed by atoms with E-state index in [1.807, 2.05) is 6.92 Å². The van der Waals surface area contributed by atoms with Crippen LogP contribution in [0.25, 0.3) is 0 Å². The lowest BCUT2D eigenvalue weighted by Gasteiger charge is -2.16. The van der Waals surface area contributed by atoms with E-state index < -0.39 is 0 Å². The summed E-state index contributed by atoms with van der Waals surface area (Å²) in [6.07, 6.45) is 6.17. The molecular weight excluding hydrogens is 202 g/mol. The molecule has 16 heavy (non-hydrogen) atoms. The molecule has 0 fully saturated rings. The molecule has 0 rings (SSSR count). The van der Waals surface area contributed by atoms with Gasteiger partial charge in [0.2, 0.25) is 5.91 Å². The van der Waals surface area contributed by atoms with Crippen LogP contribution >= 0.6 is 0 Å². The predicted molar refractivity (Wildman–Crippen MR) is 67.5 cm³/mol. The van der Waals surface area contributed by atoms with Crippen molar-refractivity contribution in [1.29, 1.82) is 0 Å². The van der Waals surface area contributed by atoms with Crippen LogP contribution in [0, 0.1) is 0 Å². The highest BCUT2D eigenvalue weighted by Crippen LogP contribution is 2.08. The summed E-state index contributed by atoms with van der Waals surface area (Å²) in [4.78, 5) is 11.4. The highest BCUT2D eigenvalue weighted by molar-refractivity contribution is 5.76. The minimum Gasteiger partial charge on any atom is -0.378 e. The topological polar surface area (TPSA) is 38.3 Å². The Morgan fingerprint density at radius 1 is 1.19 bits per heavy atom. The van der Waals surface area contributed by atoms with Gasteiger partial charge in [-0.3, -0.25) is 4.79 Å². The molecule has 96 valence electrons. The maximum absolute atomic E-state index is 11.4. The Bertz CT molecular complexity index is 171. The third-order valence-corrected chi connectivity index (χ3v) is 2.50. The maximum Gasteiger partial charge on any atom is 0.222 e. The summed E-state index contributed by atoms with van der Waals surface area (Å²) in [6.45, 7) is 7.73. The SMILES string of the molecule is CCCCCOC(CCC)CC(=O)NCC. The third-order valence-electron chi connectivity index (χ3n) is 2.50.